The highest BCUT2D eigenvalue weighted by Gasteiger charge is 2.22. The molecule has 0 bridgehead atoms. The minimum atomic E-state index is -0.970. The summed E-state index contributed by atoms with van der Waals surface area (Å²) < 4.78 is 10.3. The van der Waals surface area contributed by atoms with Gasteiger partial charge >= 0.3 is 5.97 Å². The number of hydrogen-bond acceptors (Lipinski definition) is 4. The number of halogens is 2. The van der Waals surface area contributed by atoms with Crippen LogP contribution in [0.4, 0.5) is 0 Å². The number of benzene rings is 2. The molecule has 0 fully saturated rings. The first-order chi connectivity index (χ1) is 12.3. The van der Waals surface area contributed by atoms with E-state index in [1.54, 1.807) is 49.4 Å². The third-order valence-corrected chi connectivity index (χ3v) is 4.31. The van der Waals surface area contributed by atoms with E-state index < -0.39 is 18.0 Å². The predicted molar refractivity (Wildman–Crippen MR) is 101 cm³/mol. The predicted octanol–water partition coefficient (Wildman–Crippen LogP) is 4.42. The molecule has 7 heteroatoms. The second-order valence-electron chi connectivity index (χ2n) is 5.68. The molecular formula is C19H19Cl2NO4. The van der Waals surface area contributed by atoms with Crippen LogP contribution in [0.2, 0.25) is 10.0 Å². The van der Waals surface area contributed by atoms with Crippen molar-refractivity contribution < 1.29 is 19.1 Å². The Labute approximate surface area is 162 Å². The van der Waals surface area contributed by atoms with Gasteiger partial charge in [0.05, 0.1) is 18.7 Å². The first-order valence-corrected chi connectivity index (χ1v) is 8.67. The molecule has 0 aliphatic rings. The number of amides is 1. The number of nitrogens with one attached hydrogen (secondary N) is 1. The molecule has 0 aliphatic heterocycles. The number of hydrogen-bond donors (Lipinski definition) is 1. The minimum Gasteiger partial charge on any atom is -0.497 e. The number of methoxy groups -OCH3 is 1. The van der Waals surface area contributed by atoms with Crippen LogP contribution >= 0.6 is 23.2 Å². The van der Waals surface area contributed by atoms with E-state index in [4.69, 9.17) is 32.7 Å². The Morgan fingerprint density at radius 1 is 1.08 bits per heavy atom. The molecule has 0 saturated heterocycles. The largest absolute Gasteiger partial charge is 0.497 e. The van der Waals surface area contributed by atoms with Crippen LogP contribution in [-0.4, -0.2) is 25.1 Å². The Bertz CT molecular complexity index is 810. The first kappa shape index (κ1) is 20.1. The smallest absolute Gasteiger partial charge is 0.339 e. The lowest BCUT2D eigenvalue weighted by atomic mass is 10.1. The Hall–Kier alpha value is -2.24. The first-order valence-electron chi connectivity index (χ1n) is 7.92. The van der Waals surface area contributed by atoms with Gasteiger partial charge in [-0.05, 0) is 49.7 Å². The van der Waals surface area contributed by atoms with E-state index in [9.17, 15) is 9.59 Å². The van der Waals surface area contributed by atoms with E-state index in [-0.39, 0.29) is 6.04 Å². The molecule has 0 spiro atoms. The molecule has 2 aromatic carbocycles. The molecule has 2 aromatic rings. The van der Waals surface area contributed by atoms with Gasteiger partial charge in [0.25, 0.3) is 5.91 Å². The summed E-state index contributed by atoms with van der Waals surface area (Å²) in [6.45, 7) is 3.28. The van der Waals surface area contributed by atoms with Crippen LogP contribution < -0.4 is 10.1 Å². The van der Waals surface area contributed by atoms with Crippen molar-refractivity contribution in [2.45, 2.75) is 26.0 Å². The maximum atomic E-state index is 12.3. The Morgan fingerprint density at radius 2 is 1.81 bits per heavy atom. The molecule has 0 aliphatic carbocycles. The van der Waals surface area contributed by atoms with E-state index in [1.165, 1.54) is 14.0 Å². The second-order valence-corrected chi connectivity index (χ2v) is 6.52. The summed E-state index contributed by atoms with van der Waals surface area (Å²) in [6.07, 6.45) is -0.970. The van der Waals surface area contributed by atoms with Crippen LogP contribution in [0.3, 0.4) is 0 Å². The normalized spacial score (nSPS) is 12.8. The molecule has 0 radical (unpaired) electrons. The number of carbonyl (C=O) groups excluding carboxylic acids is 2. The van der Waals surface area contributed by atoms with Gasteiger partial charge in [0.15, 0.2) is 6.10 Å². The molecule has 0 aromatic heterocycles. The molecule has 0 heterocycles. The maximum absolute atomic E-state index is 12.3. The summed E-state index contributed by atoms with van der Waals surface area (Å²) >= 11 is 12.0. The third kappa shape index (κ3) is 5.13. The fraction of sp³-hybridized carbons (Fsp3) is 0.263. The van der Waals surface area contributed by atoms with Gasteiger partial charge in [-0.15, -0.1) is 0 Å². The zero-order valence-electron chi connectivity index (χ0n) is 14.6. The van der Waals surface area contributed by atoms with Gasteiger partial charge in [0.2, 0.25) is 0 Å². The van der Waals surface area contributed by atoms with E-state index in [2.05, 4.69) is 5.32 Å². The molecule has 0 unspecified atom stereocenters. The highest BCUT2D eigenvalue weighted by Crippen LogP contribution is 2.26. The maximum Gasteiger partial charge on any atom is 0.339 e. The van der Waals surface area contributed by atoms with Crippen LogP contribution in [0.15, 0.2) is 42.5 Å². The highest BCUT2D eigenvalue weighted by atomic mass is 35.5. The summed E-state index contributed by atoms with van der Waals surface area (Å²) in [6, 6.07) is 11.2. The molecular weight excluding hydrogens is 377 g/mol. The van der Waals surface area contributed by atoms with Gasteiger partial charge in [-0.1, -0.05) is 35.3 Å². The number of esters is 1. The molecule has 1 amide bonds. The zero-order chi connectivity index (χ0) is 19.3. The van der Waals surface area contributed by atoms with Crippen molar-refractivity contribution in [1.29, 1.82) is 0 Å². The van der Waals surface area contributed by atoms with Gasteiger partial charge in [-0.25, -0.2) is 4.79 Å². The SMILES string of the molecule is COc1cccc(C(=O)O[C@@H](C)C(=O)N[C@@H](C)c2ccc(Cl)cc2Cl)c1. The van der Waals surface area contributed by atoms with Crippen molar-refractivity contribution in [2.75, 3.05) is 7.11 Å². The standard InChI is InChI=1S/C19H19Cl2NO4/c1-11(16-8-7-14(20)10-17(16)21)22-18(23)12(2)26-19(24)13-5-4-6-15(9-13)25-3/h4-12H,1-3H3,(H,22,23)/t11-,12-/m0/s1. The fourth-order valence-electron chi connectivity index (χ4n) is 2.29. The molecule has 1 N–H and O–H groups in total. The zero-order valence-corrected chi connectivity index (χ0v) is 16.1. The van der Waals surface area contributed by atoms with Gasteiger partial charge < -0.3 is 14.8 Å². The Balaban J connectivity index is 1.99. The van der Waals surface area contributed by atoms with Crippen molar-refractivity contribution in [2.24, 2.45) is 0 Å². The van der Waals surface area contributed by atoms with Crippen LogP contribution in [-0.2, 0) is 9.53 Å². The second kappa shape index (κ2) is 8.92. The van der Waals surface area contributed by atoms with Gasteiger partial charge in [-0.2, -0.15) is 0 Å². The van der Waals surface area contributed by atoms with Crippen molar-refractivity contribution >= 4 is 35.1 Å². The van der Waals surface area contributed by atoms with Crippen molar-refractivity contribution in [3.05, 3.63) is 63.6 Å². The molecule has 5 nitrogen and oxygen atoms in total. The van der Waals surface area contributed by atoms with Crippen molar-refractivity contribution in [3.63, 3.8) is 0 Å². The topological polar surface area (TPSA) is 64.6 Å². The lowest BCUT2D eigenvalue weighted by Gasteiger charge is -2.19. The summed E-state index contributed by atoms with van der Waals surface area (Å²) in [5.41, 5.74) is 1.02. The summed E-state index contributed by atoms with van der Waals surface area (Å²) in [5.74, 6) is -0.508. The summed E-state index contributed by atoms with van der Waals surface area (Å²) in [7, 11) is 1.50. The number of carbonyl (C=O) groups is 2. The van der Waals surface area contributed by atoms with Crippen molar-refractivity contribution in [3.8, 4) is 5.75 Å². The van der Waals surface area contributed by atoms with Gasteiger partial charge in [0.1, 0.15) is 5.75 Å². The molecule has 0 saturated carbocycles. The number of rotatable bonds is 6. The molecule has 2 atom stereocenters. The summed E-state index contributed by atoms with van der Waals surface area (Å²) in [5, 5.41) is 3.73. The quantitative estimate of drug-likeness (QED) is 0.734. The lowest BCUT2D eigenvalue weighted by Crippen LogP contribution is -2.37. The number of ether oxygens (including phenoxy) is 2. The minimum absolute atomic E-state index is 0.304. The molecule has 138 valence electrons. The highest BCUT2D eigenvalue weighted by molar-refractivity contribution is 6.35. The third-order valence-electron chi connectivity index (χ3n) is 3.75. The Kier molecular flexibility index (Phi) is 6.89. The molecule has 2 rings (SSSR count). The van der Waals surface area contributed by atoms with Crippen LogP contribution in [0.5, 0.6) is 5.75 Å². The fourth-order valence-corrected chi connectivity index (χ4v) is 2.87. The van der Waals surface area contributed by atoms with E-state index in [0.717, 1.165) is 5.56 Å². The van der Waals surface area contributed by atoms with Gasteiger partial charge in [0, 0.05) is 10.0 Å². The summed E-state index contributed by atoms with van der Waals surface area (Å²) in [4.78, 5) is 24.5. The average Bonchev–Trinajstić information content (AvgIpc) is 2.61. The lowest BCUT2D eigenvalue weighted by molar-refractivity contribution is -0.129. The van der Waals surface area contributed by atoms with Crippen LogP contribution in [0.25, 0.3) is 0 Å². The monoisotopic (exact) mass is 395 g/mol. The van der Waals surface area contributed by atoms with E-state index >= 15 is 0 Å². The van der Waals surface area contributed by atoms with Crippen LogP contribution in [0, 0.1) is 0 Å². The molecule has 26 heavy (non-hydrogen) atoms. The van der Waals surface area contributed by atoms with E-state index in [0.29, 0.717) is 21.4 Å². The Morgan fingerprint density at radius 3 is 2.46 bits per heavy atom. The van der Waals surface area contributed by atoms with Crippen LogP contribution in [0.1, 0.15) is 35.8 Å². The van der Waals surface area contributed by atoms with Crippen molar-refractivity contribution in [1.82, 2.24) is 5.32 Å². The average molecular weight is 396 g/mol. The van der Waals surface area contributed by atoms with Gasteiger partial charge in [-0.3, -0.25) is 4.79 Å². The van der Waals surface area contributed by atoms with E-state index in [1.807, 2.05) is 0 Å².